The fourth-order valence-corrected chi connectivity index (χ4v) is 4.82. The largest absolute Gasteiger partial charge is 0.467 e. The molecular formula is C23H26O4. The Balaban J connectivity index is 1.58. The van der Waals surface area contributed by atoms with Crippen molar-refractivity contribution in [1.82, 2.24) is 0 Å². The van der Waals surface area contributed by atoms with Crippen LogP contribution >= 0.6 is 0 Å². The van der Waals surface area contributed by atoms with Crippen molar-refractivity contribution in [2.75, 3.05) is 13.2 Å². The maximum atomic E-state index is 12.5. The maximum Gasteiger partial charge on any atom is 0.338 e. The second kappa shape index (κ2) is 7.01. The fraction of sp³-hybridized carbons (Fsp3) is 0.435. The first-order valence-corrected chi connectivity index (χ1v) is 9.58. The number of benzene rings is 1. The van der Waals surface area contributed by atoms with Crippen molar-refractivity contribution in [2.45, 2.75) is 26.9 Å². The van der Waals surface area contributed by atoms with Gasteiger partial charge in [0.05, 0.1) is 18.4 Å². The number of carbonyl (C=O) groups excluding carboxylic acids is 1. The van der Waals surface area contributed by atoms with Gasteiger partial charge >= 0.3 is 5.97 Å². The molecule has 27 heavy (non-hydrogen) atoms. The highest BCUT2D eigenvalue weighted by Gasteiger charge is 2.55. The summed E-state index contributed by atoms with van der Waals surface area (Å²) in [6, 6.07) is 13.0. The third kappa shape index (κ3) is 3.02. The quantitative estimate of drug-likeness (QED) is 0.562. The van der Waals surface area contributed by atoms with Crippen molar-refractivity contribution in [3.8, 4) is 0 Å². The van der Waals surface area contributed by atoms with E-state index in [-0.39, 0.29) is 29.3 Å². The molecule has 1 aliphatic carbocycles. The number of fused-ring (bicyclic) bond motifs is 2. The van der Waals surface area contributed by atoms with Crippen molar-refractivity contribution in [3.05, 3.63) is 71.7 Å². The van der Waals surface area contributed by atoms with Crippen molar-refractivity contribution in [2.24, 2.45) is 23.2 Å². The zero-order valence-corrected chi connectivity index (χ0v) is 16.1. The van der Waals surface area contributed by atoms with Crippen LogP contribution in [0.3, 0.4) is 0 Å². The van der Waals surface area contributed by atoms with E-state index in [9.17, 15) is 4.79 Å². The van der Waals surface area contributed by atoms with Crippen molar-refractivity contribution in [3.63, 3.8) is 0 Å². The van der Waals surface area contributed by atoms with E-state index < -0.39 is 0 Å². The maximum absolute atomic E-state index is 12.5. The van der Waals surface area contributed by atoms with Gasteiger partial charge in [-0.15, -0.1) is 0 Å². The second-order valence-corrected chi connectivity index (χ2v) is 7.94. The fourth-order valence-electron chi connectivity index (χ4n) is 4.82. The van der Waals surface area contributed by atoms with E-state index in [1.807, 2.05) is 30.3 Å². The first-order chi connectivity index (χ1) is 13.0. The van der Waals surface area contributed by atoms with Gasteiger partial charge in [0, 0.05) is 11.3 Å². The molecule has 5 atom stereocenters. The number of rotatable bonds is 4. The summed E-state index contributed by atoms with van der Waals surface area (Å²) in [5.74, 6) is 1.38. The van der Waals surface area contributed by atoms with Crippen LogP contribution in [-0.4, -0.2) is 19.2 Å². The van der Waals surface area contributed by atoms with Crippen molar-refractivity contribution >= 4 is 5.97 Å². The average Bonchev–Trinajstić information content (AvgIpc) is 3.20. The molecule has 1 fully saturated rings. The van der Waals surface area contributed by atoms with Gasteiger partial charge in [-0.25, -0.2) is 4.79 Å². The molecular weight excluding hydrogens is 340 g/mol. The number of furan rings is 1. The van der Waals surface area contributed by atoms with Gasteiger partial charge in [0.2, 0.25) is 0 Å². The average molecular weight is 366 g/mol. The summed E-state index contributed by atoms with van der Waals surface area (Å²) < 4.78 is 17.7. The molecule has 0 saturated carbocycles. The predicted molar refractivity (Wildman–Crippen MR) is 102 cm³/mol. The van der Waals surface area contributed by atoms with Gasteiger partial charge in [0.1, 0.15) is 18.5 Å². The Labute approximate surface area is 160 Å². The Bertz CT molecular complexity index is 823. The molecule has 1 saturated heterocycles. The van der Waals surface area contributed by atoms with E-state index in [0.29, 0.717) is 24.7 Å². The molecule has 0 N–H and O–H groups in total. The summed E-state index contributed by atoms with van der Waals surface area (Å²) in [5, 5.41) is 0. The molecule has 2 heterocycles. The normalized spacial score (nSPS) is 32.6. The van der Waals surface area contributed by atoms with Gasteiger partial charge in [0.25, 0.3) is 0 Å². The molecule has 142 valence electrons. The highest BCUT2D eigenvalue weighted by Crippen LogP contribution is 2.56. The summed E-state index contributed by atoms with van der Waals surface area (Å²) in [4.78, 5) is 12.5. The Morgan fingerprint density at radius 2 is 1.96 bits per heavy atom. The highest BCUT2D eigenvalue weighted by atomic mass is 16.5. The molecule has 4 rings (SSSR count). The van der Waals surface area contributed by atoms with E-state index in [4.69, 9.17) is 13.9 Å². The molecule has 4 heteroatoms. The van der Waals surface area contributed by atoms with Crippen LogP contribution in [0.25, 0.3) is 0 Å². The summed E-state index contributed by atoms with van der Waals surface area (Å²) in [7, 11) is 0. The van der Waals surface area contributed by atoms with Crippen LogP contribution in [0.2, 0.25) is 0 Å². The summed E-state index contributed by atoms with van der Waals surface area (Å²) in [6.07, 6.45) is 3.92. The van der Waals surface area contributed by atoms with Crippen LogP contribution in [0.4, 0.5) is 0 Å². The Kier molecular flexibility index (Phi) is 4.68. The van der Waals surface area contributed by atoms with Gasteiger partial charge in [-0.1, -0.05) is 43.7 Å². The molecule has 2 bridgehead atoms. The number of carbonyl (C=O) groups is 1. The lowest BCUT2D eigenvalue weighted by atomic mass is 9.56. The van der Waals surface area contributed by atoms with Crippen LogP contribution in [-0.2, 0) is 9.47 Å². The van der Waals surface area contributed by atoms with Crippen molar-refractivity contribution in [1.29, 1.82) is 0 Å². The standard InChI is InChI=1S/C23H26O4/c1-15-12-16(2)23(14-27-22(24)18-8-5-4-6-9-18)13-26-21(20(15)17(23)3)19-10-7-11-25-19/h4-12,16-17,20-21H,13-14H2,1-3H3/t16-,17+,20+,21-,23+/m1/s1. The third-order valence-corrected chi connectivity index (χ3v) is 6.55. The number of hydrogen-bond donors (Lipinski definition) is 0. The third-order valence-electron chi connectivity index (χ3n) is 6.55. The number of esters is 1. The minimum absolute atomic E-state index is 0.0864. The molecule has 2 aliphatic rings. The van der Waals surface area contributed by atoms with E-state index in [1.165, 1.54) is 5.57 Å². The number of allylic oxidation sites excluding steroid dienone is 1. The van der Waals surface area contributed by atoms with E-state index >= 15 is 0 Å². The van der Waals surface area contributed by atoms with Crippen LogP contribution in [0, 0.1) is 23.2 Å². The SMILES string of the molecule is CC1=C[C@@H](C)[C@@]2(COC(=O)c3ccccc3)CO[C@H](c3ccco3)[C@@H]1[C@@H]2C. The monoisotopic (exact) mass is 366 g/mol. The van der Waals surface area contributed by atoms with Crippen LogP contribution in [0.1, 0.15) is 43.0 Å². The zero-order valence-electron chi connectivity index (χ0n) is 16.1. The minimum atomic E-state index is -0.277. The zero-order chi connectivity index (χ0) is 19.0. The molecule has 1 aromatic heterocycles. The number of ether oxygens (including phenoxy) is 2. The Hall–Kier alpha value is -2.33. The lowest BCUT2D eigenvalue weighted by Crippen LogP contribution is -2.54. The van der Waals surface area contributed by atoms with E-state index in [2.05, 4.69) is 26.8 Å². The smallest absolute Gasteiger partial charge is 0.338 e. The second-order valence-electron chi connectivity index (χ2n) is 7.94. The summed E-state index contributed by atoms with van der Waals surface area (Å²) in [5.41, 5.74) is 1.68. The van der Waals surface area contributed by atoms with Gasteiger partial charge in [-0.05, 0) is 43.0 Å². The number of hydrogen-bond acceptors (Lipinski definition) is 4. The lowest BCUT2D eigenvalue weighted by Gasteiger charge is -2.54. The molecule has 1 aromatic carbocycles. The first-order valence-electron chi connectivity index (χ1n) is 9.58. The molecule has 1 aliphatic heterocycles. The molecule has 0 unspecified atom stereocenters. The van der Waals surface area contributed by atoms with Gasteiger partial charge in [-0.3, -0.25) is 0 Å². The predicted octanol–water partition coefficient (Wildman–Crippen LogP) is 5.04. The summed E-state index contributed by atoms with van der Waals surface area (Å²) in [6.45, 7) is 7.52. The lowest BCUT2D eigenvalue weighted by molar-refractivity contribution is -0.170. The van der Waals surface area contributed by atoms with Crippen LogP contribution < -0.4 is 0 Å². The van der Waals surface area contributed by atoms with E-state index in [0.717, 1.165) is 5.76 Å². The minimum Gasteiger partial charge on any atom is -0.467 e. The van der Waals surface area contributed by atoms with Gasteiger partial charge < -0.3 is 13.9 Å². The molecule has 4 nitrogen and oxygen atoms in total. The highest BCUT2D eigenvalue weighted by molar-refractivity contribution is 5.89. The van der Waals surface area contributed by atoms with Crippen LogP contribution in [0.5, 0.6) is 0 Å². The van der Waals surface area contributed by atoms with Gasteiger partial charge in [0.15, 0.2) is 0 Å². The molecule has 2 aromatic rings. The Morgan fingerprint density at radius 3 is 2.67 bits per heavy atom. The topological polar surface area (TPSA) is 48.7 Å². The van der Waals surface area contributed by atoms with Crippen LogP contribution in [0.15, 0.2) is 64.8 Å². The summed E-state index contributed by atoms with van der Waals surface area (Å²) >= 11 is 0. The van der Waals surface area contributed by atoms with E-state index in [1.54, 1.807) is 18.4 Å². The molecule has 0 radical (unpaired) electrons. The molecule has 0 spiro atoms. The molecule has 0 amide bonds. The van der Waals surface area contributed by atoms with Gasteiger partial charge in [-0.2, -0.15) is 0 Å². The van der Waals surface area contributed by atoms with Crippen molar-refractivity contribution < 1.29 is 18.7 Å². The first kappa shape index (κ1) is 18.1. The Morgan fingerprint density at radius 1 is 1.19 bits per heavy atom.